The molecule has 19 nitrogen and oxygen atoms in total. The van der Waals surface area contributed by atoms with Crippen molar-refractivity contribution in [1.29, 1.82) is 0 Å². The van der Waals surface area contributed by atoms with E-state index in [-0.39, 0.29) is 50.7 Å². The number of carbonyl (C=O) groups is 4. The predicted octanol–water partition coefficient (Wildman–Crippen LogP) is 11.3. The van der Waals surface area contributed by atoms with E-state index in [9.17, 15) is 19.2 Å². The van der Waals surface area contributed by atoms with Gasteiger partial charge in [0, 0.05) is 37.5 Å². The molecule has 494 valence electrons. The summed E-state index contributed by atoms with van der Waals surface area (Å²) in [7, 11) is 0. The SMILES string of the molecule is CCCCc1nc(Cl)c(CNC(=O)C(CC(C)C)NC(=O)COCC(=O)NCCOCCOCCOCCNC(=O)OCC2c3ccccc3-c3ccccc32)n1Cc1ccc(-c2ccccc2-c2nnn(C(c3ccccc3)(c3ccccc3)c3ccc(C)cc3)n2)cc1. The van der Waals surface area contributed by atoms with Crippen molar-refractivity contribution in [2.75, 3.05) is 72.6 Å². The number of fused-ring (bicyclic) bond motifs is 3. The number of imidazole rings is 1. The van der Waals surface area contributed by atoms with Crippen LogP contribution in [0.4, 0.5) is 4.79 Å². The monoisotopic (exact) mass is 1300 g/mol. The Balaban J connectivity index is 0.652. The molecule has 0 radical (unpaired) electrons. The number of aryl methyl sites for hydroxylation is 2. The fraction of sp³-hybridized carbons (Fsp3) is 0.333. The maximum absolute atomic E-state index is 13.9. The molecule has 1 unspecified atom stereocenters. The van der Waals surface area contributed by atoms with E-state index in [1.54, 1.807) is 4.80 Å². The van der Waals surface area contributed by atoms with Crippen LogP contribution in [0.15, 0.2) is 182 Å². The Morgan fingerprint density at radius 2 is 1.17 bits per heavy atom. The molecule has 10 rings (SSSR count). The molecule has 1 atom stereocenters. The van der Waals surface area contributed by atoms with E-state index in [0.29, 0.717) is 75.6 Å². The fourth-order valence-electron chi connectivity index (χ4n) is 12.0. The van der Waals surface area contributed by atoms with Gasteiger partial charge in [0.05, 0.1) is 51.9 Å². The zero-order valence-electron chi connectivity index (χ0n) is 54.3. The lowest BCUT2D eigenvalue weighted by Crippen LogP contribution is -2.48. The summed E-state index contributed by atoms with van der Waals surface area (Å²) in [4.78, 5) is 58.6. The van der Waals surface area contributed by atoms with E-state index in [0.717, 1.165) is 74.3 Å². The maximum Gasteiger partial charge on any atom is 0.407 e. The van der Waals surface area contributed by atoms with Gasteiger partial charge in [-0.25, -0.2) is 9.78 Å². The second kappa shape index (κ2) is 34.2. The number of halogens is 1. The number of tetrazole rings is 1. The third kappa shape index (κ3) is 17.7. The number of unbranched alkanes of at least 4 members (excludes halogenated alkanes) is 1. The Hall–Kier alpha value is -9.37. The van der Waals surface area contributed by atoms with Gasteiger partial charge in [-0.15, -0.1) is 15.0 Å². The van der Waals surface area contributed by atoms with E-state index in [4.69, 9.17) is 55.7 Å². The van der Waals surface area contributed by atoms with Crippen molar-refractivity contribution in [3.05, 3.63) is 238 Å². The lowest BCUT2D eigenvalue weighted by Gasteiger charge is -2.34. The first kappa shape index (κ1) is 68.5. The minimum absolute atomic E-state index is 0.00789. The number of nitrogens with zero attached hydrogens (tertiary/aromatic N) is 6. The molecule has 0 fully saturated rings. The molecule has 0 saturated carbocycles. The highest BCUT2D eigenvalue weighted by Crippen LogP contribution is 2.45. The predicted molar refractivity (Wildman–Crippen MR) is 366 cm³/mol. The first-order chi connectivity index (χ1) is 46.4. The molecule has 7 aromatic carbocycles. The maximum atomic E-state index is 13.9. The first-order valence-electron chi connectivity index (χ1n) is 32.6. The van der Waals surface area contributed by atoms with Crippen molar-refractivity contribution in [1.82, 2.24) is 51.0 Å². The van der Waals surface area contributed by atoms with Crippen molar-refractivity contribution < 1.29 is 42.9 Å². The van der Waals surface area contributed by atoms with Crippen molar-refractivity contribution in [3.8, 4) is 33.6 Å². The largest absolute Gasteiger partial charge is 0.449 e. The summed E-state index contributed by atoms with van der Waals surface area (Å²) in [6, 6.07) is 61.0. The van der Waals surface area contributed by atoms with E-state index in [2.05, 4.69) is 143 Å². The second-order valence-electron chi connectivity index (χ2n) is 23.8. The number of nitrogens with one attached hydrogen (secondary N) is 4. The summed E-state index contributed by atoms with van der Waals surface area (Å²) < 4.78 is 29.8. The minimum atomic E-state index is -0.934. The second-order valence-corrected chi connectivity index (χ2v) is 24.2. The number of amides is 4. The number of ether oxygens (including phenoxy) is 5. The van der Waals surface area contributed by atoms with Gasteiger partial charge in [-0.2, -0.15) is 0 Å². The Bertz CT molecular complexity index is 3870. The number of hydrogen-bond acceptors (Lipinski definition) is 13. The summed E-state index contributed by atoms with van der Waals surface area (Å²) >= 11 is 6.91. The average molecular weight is 1300 g/mol. The van der Waals surface area contributed by atoms with Gasteiger partial charge in [0.25, 0.3) is 0 Å². The highest BCUT2D eigenvalue weighted by Gasteiger charge is 2.41. The quantitative estimate of drug-likeness (QED) is 0.0215. The normalized spacial score (nSPS) is 12.3. The molecular formula is C75H83ClN10O9. The van der Waals surface area contributed by atoms with Crippen LogP contribution in [-0.2, 0) is 63.1 Å². The number of benzene rings is 7. The molecule has 0 bridgehead atoms. The number of aromatic nitrogens is 6. The molecular weight excluding hydrogens is 1220 g/mol. The summed E-state index contributed by atoms with van der Waals surface area (Å²) in [6.45, 7) is 10.5. The molecule has 0 aliphatic heterocycles. The number of hydrogen-bond donors (Lipinski definition) is 4. The fourth-order valence-corrected chi connectivity index (χ4v) is 12.2. The van der Waals surface area contributed by atoms with Gasteiger partial charge >= 0.3 is 6.09 Å². The smallest absolute Gasteiger partial charge is 0.407 e. The van der Waals surface area contributed by atoms with Crippen LogP contribution in [0.2, 0.25) is 5.15 Å². The van der Waals surface area contributed by atoms with E-state index >= 15 is 0 Å². The Kier molecular flexibility index (Phi) is 24.6. The molecule has 1 aliphatic carbocycles. The van der Waals surface area contributed by atoms with E-state index < -0.39 is 36.1 Å². The van der Waals surface area contributed by atoms with E-state index in [1.165, 1.54) is 11.1 Å². The van der Waals surface area contributed by atoms with Gasteiger partial charge in [0.15, 0.2) is 10.7 Å². The summed E-state index contributed by atoms with van der Waals surface area (Å²) in [5.74, 6) is -0.0173. The van der Waals surface area contributed by atoms with E-state index in [1.807, 2.05) is 92.7 Å². The number of rotatable bonds is 35. The average Bonchev–Trinajstić information content (AvgIpc) is 1.64. The van der Waals surface area contributed by atoms with Crippen molar-refractivity contribution >= 4 is 35.4 Å². The Morgan fingerprint density at radius 3 is 1.79 bits per heavy atom. The van der Waals surface area contributed by atoms with Gasteiger partial charge in [-0.05, 0) is 86.5 Å². The highest BCUT2D eigenvalue weighted by atomic mass is 35.5. The van der Waals surface area contributed by atoms with Crippen LogP contribution < -0.4 is 21.3 Å². The van der Waals surface area contributed by atoms with Gasteiger partial charge in [-0.1, -0.05) is 226 Å². The highest BCUT2D eigenvalue weighted by molar-refractivity contribution is 6.30. The number of carbonyl (C=O) groups excluding carboxylic acids is 4. The van der Waals surface area contributed by atoms with Crippen molar-refractivity contribution in [2.45, 2.75) is 84.0 Å². The topological polar surface area (TPSA) is 224 Å². The standard InChI is InChI=1S/C75H83ClN10O9/c1-5-6-29-68-81-71(76)67(85(68)48-54-32-34-55(35-33-54)59-23-13-18-28-64(59)72-82-84-86(83-72)75(56-19-9-7-10-20-56,57-21-11-8-12-22-57)58-36-30-53(4)31-37-58)47-79-73(89)66(46-52(2)3)80-70(88)51-94-50-69(87)77-38-40-91-42-44-93-45-43-92-41-39-78-74(90)95-49-65-62-26-16-14-24-60(62)61-25-15-17-27-63(61)65/h7-28,30-37,52,65-66H,5-6,29,38-51H2,1-4H3,(H,77,87)(H,78,90)(H,79,89)(H,80,88). The number of alkyl carbamates (subject to hydrolysis) is 1. The summed E-state index contributed by atoms with van der Waals surface area (Å²) in [6.07, 6.45) is 2.39. The van der Waals surface area contributed by atoms with Crippen LogP contribution in [0.5, 0.6) is 0 Å². The summed E-state index contributed by atoms with van der Waals surface area (Å²) in [5, 5.41) is 26.4. The van der Waals surface area contributed by atoms with Crippen LogP contribution in [0.1, 0.15) is 96.4 Å². The Morgan fingerprint density at radius 1 is 0.611 bits per heavy atom. The molecule has 20 heteroatoms. The minimum Gasteiger partial charge on any atom is -0.449 e. The van der Waals surface area contributed by atoms with Gasteiger partial charge in [0.2, 0.25) is 23.5 Å². The lowest BCUT2D eigenvalue weighted by atomic mass is 9.77. The van der Waals surface area contributed by atoms with Crippen LogP contribution in [0.25, 0.3) is 33.6 Å². The molecule has 0 spiro atoms. The molecule has 2 heterocycles. The van der Waals surface area contributed by atoms with Crippen LogP contribution in [0.3, 0.4) is 0 Å². The van der Waals surface area contributed by atoms with Crippen LogP contribution in [-0.4, -0.2) is 132 Å². The zero-order chi connectivity index (χ0) is 66.4. The third-order valence-electron chi connectivity index (χ3n) is 16.6. The molecule has 9 aromatic rings. The molecule has 95 heavy (non-hydrogen) atoms. The van der Waals surface area contributed by atoms with Gasteiger partial charge < -0.3 is 49.5 Å². The molecule has 0 saturated heterocycles. The molecule has 4 amide bonds. The lowest BCUT2D eigenvalue weighted by molar-refractivity contribution is -0.134. The van der Waals surface area contributed by atoms with Crippen molar-refractivity contribution in [2.24, 2.45) is 5.92 Å². The van der Waals surface area contributed by atoms with Gasteiger partial charge in [-0.3, -0.25) is 14.4 Å². The first-order valence-corrected chi connectivity index (χ1v) is 32.9. The van der Waals surface area contributed by atoms with Gasteiger partial charge in [0.1, 0.15) is 31.7 Å². The molecule has 1 aliphatic rings. The molecule has 4 N–H and O–H groups in total. The molecule has 2 aromatic heterocycles. The third-order valence-corrected chi connectivity index (χ3v) is 16.9. The Labute approximate surface area is 560 Å². The van der Waals surface area contributed by atoms with Crippen LogP contribution >= 0.6 is 11.6 Å². The zero-order valence-corrected chi connectivity index (χ0v) is 55.1. The van der Waals surface area contributed by atoms with Crippen molar-refractivity contribution in [3.63, 3.8) is 0 Å². The van der Waals surface area contributed by atoms with Crippen LogP contribution in [0, 0.1) is 12.8 Å². The summed E-state index contributed by atoms with van der Waals surface area (Å²) in [5.41, 5.74) is 12.2.